The van der Waals surface area contributed by atoms with E-state index in [2.05, 4.69) is 15.1 Å². The number of carbonyl (C=O) groups excluding carboxylic acids is 1. The summed E-state index contributed by atoms with van der Waals surface area (Å²) in [5.74, 6) is 0.373. The van der Waals surface area contributed by atoms with Crippen molar-refractivity contribution in [2.24, 2.45) is 5.92 Å². The molecule has 102 valence electrons. The molecule has 3 saturated heterocycles. The van der Waals surface area contributed by atoms with Crippen molar-refractivity contribution in [3.63, 3.8) is 0 Å². The van der Waals surface area contributed by atoms with Gasteiger partial charge in [-0.05, 0) is 0 Å². The first-order valence-electron chi connectivity index (χ1n) is 6.96. The van der Waals surface area contributed by atoms with Crippen LogP contribution in [0.2, 0.25) is 0 Å². The van der Waals surface area contributed by atoms with Gasteiger partial charge in [0.25, 0.3) is 0 Å². The van der Waals surface area contributed by atoms with Crippen LogP contribution in [0.5, 0.6) is 0 Å². The van der Waals surface area contributed by atoms with Crippen LogP contribution in [0.3, 0.4) is 0 Å². The Morgan fingerprint density at radius 1 is 1.44 bits per heavy atom. The molecule has 0 aromatic rings. The number of ether oxygens (including phenoxy) is 1. The highest BCUT2D eigenvalue weighted by Gasteiger charge is 2.51. The van der Waals surface area contributed by atoms with Gasteiger partial charge in [0, 0.05) is 38.6 Å². The zero-order valence-corrected chi connectivity index (χ0v) is 11.3. The maximum atomic E-state index is 12.2. The van der Waals surface area contributed by atoms with Gasteiger partial charge in [-0.3, -0.25) is 9.69 Å². The highest BCUT2D eigenvalue weighted by Crippen LogP contribution is 2.31. The summed E-state index contributed by atoms with van der Waals surface area (Å²) in [6.07, 6.45) is 0. The maximum Gasteiger partial charge on any atom is 0.225 e. The number of hydrogen-bond acceptors (Lipinski definition) is 4. The van der Waals surface area contributed by atoms with Crippen molar-refractivity contribution < 1.29 is 9.53 Å². The van der Waals surface area contributed by atoms with E-state index in [0.29, 0.717) is 6.04 Å². The van der Waals surface area contributed by atoms with Crippen molar-refractivity contribution in [1.82, 2.24) is 15.1 Å². The van der Waals surface area contributed by atoms with Crippen LogP contribution in [-0.2, 0) is 9.53 Å². The molecule has 0 bridgehead atoms. The van der Waals surface area contributed by atoms with Gasteiger partial charge in [-0.25, -0.2) is 0 Å². The third-order valence-electron chi connectivity index (χ3n) is 4.47. The largest absolute Gasteiger partial charge is 0.378 e. The predicted molar refractivity (Wildman–Crippen MR) is 68.3 cm³/mol. The average Bonchev–Trinajstić information content (AvgIpc) is 2.34. The second-order valence-corrected chi connectivity index (χ2v) is 6.12. The van der Waals surface area contributed by atoms with E-state index in [0.717, 1.165) is 45.9 Å². The lowest BCUT2D eigenvalue weighted by atomic mass is 9.84. The van der Waals surface area contributed by atoms with Gasteiger partial charge in [0.2, 0.25) is 5.91 Å². The molecule has 18 heavy (non-hydrogen) atoms. The number of fused-ring (bicyclic) bond motifs is 2. The number of piperazine rings is 1. The van der Waals surface area contributed by atoms with Crippen LogP contribution in [0, 0.1) is 5.92 Å². The summed E-state index contributed by atoms with van der Waals surface area (Å²) >= 11 is 0. The fourth-order valence-electron chi connectivity index (χ4n) is 3.46. The summed E-state index contributed by atoms with van der Waals surface area (Å²) in [5, 5.41) is 3.37. The molecule has 1 unspecified atom stereocenters. The van der Waals surface area contributed by atoms with Crippen molar-refractivity contribution in [2.75, 3.05) is 45.9 Å². The normalized spacial score (nSPS) is 31.3. The second kappa shape index (κ2) is 4.47. The number of carbonyl (C=O) groups is 1. The molecule has 1 amide bonds. The lowest BCUT2D eigenvalue weighted by Crippen LogP contribution is -2.80. The molecule has 3 aliphatic rings. The van der Waals surface area contributed by atoms with E-state index in [1.54, 1.807) is 0 Å². The molecule has 0 aromatic heterocycles. The molecule has 1 spiro atoms. The molecule has 3 heterocycles. The molecule has 5 heteroatoms. The molecule has 0 radical (unpaired) electrons. The van der Waals surface area contributed by atoms with Crippen LogP contribution in [0.25, 0.3) is 0 Å². The summed E-state index contributed by atoms with van der Waals surface area (Å²) in [7, 11) is 0. The molecule has 1 N–H and O–H groups in total. The van der Waals surface area contributed by atoms with Crippen molar-refractivity contribution in [3.8, 4) is 0 Å². The number of hydrogen-bond donors (Lipinski definition) is 1. The Morgan fingerprint density at radius 2 is 2.22 bits per heavy atom. The van der Waals surface area contributed by atoms with E-state index in [4.69, 9.17) is 4.74 Å². The predicted octanol–water partition coefficient (Wildman–Crippen LogP) is -0.473. The summed E-state index contributed by atoms with van der Waals surface area (Å²) < 4.78 is 5.59. The van der Waals surface area contributed by atoms with Gasteiger partial charge in [0.1, 0.15) is 0 Å². The van der Waals surface area contributed by atoms with Crippen LogP contribution in [0.1, 0.15) is 13.8 Å². The maximum absolute atomic E-state index is 12.2. The first-order valence-corrected chi connectivity index (χ1v) is 6.96. The monoisotopic (exact) mass is 253 g/mol. The van der Waals surface area contributed by atoms with Gasteiger partial charge >= 0.3 is 0 Å². The first kappa shape index (κ1) is 12.4. The van der Waals surface area contributed by atoms with Crippen LogP contribution < -0.4 is 5.32 Å². The van der Waals surface area contributed by atoms with Crippen LogP contribution in [-0.4, -0.2) is 73.2 Å². The second-order valence-electron chi connectivity index (χ2n) is 6.12. The number of rotatable bonds is 1. The SMILES string of the molecule is CC(C)C(=O)N1CC2COCCN2C2(CNC2)C1. The Morgan fingerprint density at radius 3 is 2.83 bits per heavy atom. The lowest BCUT2D eigenvalue weighted by molar-refractivity contribution is -0.158. The van der Waals surface area contributed by atoms with Crippen molar-refractivity contribution in [1.29, 1.82) is 0 Å². The van der Waals surface area contributed by atoms with Gasteiger partial charge in [-0.1, -0.05) is 13.8 Å². The zero-order chi connectivity index (χ0) is 12.8. The van der Waals surface area contributed by atoms with Gasteiger partial charge in [-0.15, -0.1) is 0 Å². The Kier molecular flexibility index (Phi) is 3.08. The minimum Gasteiger partial charge on any atom is -0.378 e. The number of nitrogens with one attached hydrogen (secondary N) is 1. The van der Waals surface area contributed by atoms with E-state index in [1.165, 1.54) is 0 Å². The minimum absolute atomic E-state index is 0.0890. The van der Waals surface area contributed by atoms with E-state index >= 15 is 0 Å². The van der Waals surface area contributed by atoms with Crippen molar-refractivity contribution in [3.05, 3.63) is 0 Å². The van der Waals surface area contributed by atoms with Crippen LogP contribution >= 0.6 is 0 Å². The van der Waals surface area contributed by atoms with E-state index in [1.807, 2.05) is 13.8 Å². The smallest absolute Gasteiger partial charge is 0.225 e. The fourth-order valence-corrected chi connectivity index (χ4v) is 3.46. The summed E-state index contributed by atoms with van der Waals surface area (Å²) in [6, 6.07) is 0.386. The molecular formula is C13H23N3O2. The van der Waals surface area contributed by atoms with Gasteiger partial charge in [0.15, 0.2) is 0 Å². The molecule has 0 aliphatic carbocycles. The quantitative estimate of drug-likeness (QED) is 0.686. The lowest BCUT2D eigenvalue weighted by Gasteiger charge is -2.60. The van der Waals surface area contributed by atoms with Gasteiger partial charge in [-0.2, -0.15) is 0 Å². The minimum atomic E-state index is 0.0890. The van der Waals surface area contributed by atoms with Gasteiger partial charge in [0.05, 0.1) is 24.8 Å². The molecule has 0 aromatic carbocycles. The molecule has 3 rings (SSSR count). The number of morpholine rings is 1. The Hall–Kier alpha value is -0.650. The Balaban J connectivity index is 1.79. The first-order chi connectivity index (χ1) is 8.62. The highest BCUT2D eigenvalue weighted by atomic mass is 16.5. The molecule has 5 nitrogen and oxygen atoms in total. The van der Waals surface area contributed by atoms with E-state index < -0.39 is 0 Å². The molecule has 3 fully saturated rings. The number of nitrogens with zero attached hydrogens (tertiary/aromatic N) is 2. The van der Waals surface area contributed by atoms with Crippen molar-refractivity contribution >= 4 is 5.91 Å². The molecule has 1 atom stereocenters. The Bertz CT molecular complexity index is 341. The average molecular weight is 253 g/mol. The van der Waals surface area contributed by atoms with E-state index in [-0.39, 0.29) is 17.4 Å². The number of amides is 1. The molecular weight excluding hydrogens is 230 g/mol. The fraction of sp³-hybridized carbons (Fsp3) is 0.923. The standard InChI is InChI=1S/C13H23N3O2/c1-10(2)12(17)15-5-11-6-18-4-3-16(11)13(9-15)7-14-8-13/h10-11,14H,3-9H2,1-2H3. The zero-order valence-electron chi connectivity index (χ0n) is 11.3. The van der Waals surface area contributed by atoms with Crippen molar-refractivity contribution in [2.45, 2.75) is 25.4 Å². The summed E-state index contributed by atoms with van der Waals surface area (Å²) in [4.78, 5) is 16.9. The summed E-state index contributed by atoms with van der Waals surface area (Å²) in [6.45, 7) is 10.3. The third kappa shape index (κ3) is 1.85. The topological polar surface area (TPSA) is 44.8 Å². The molecule has 3 aliphatic heterocycles. The van der Waals surface area contributed by atoms with Gasteiger partial charge < -0.3 is 15.0 Å². The highest BCUT2D eigenvalue weighted by molar-refractivity contribution is 5.78. The summed E-state index contributed by atoms with van der Waals surface area (Å²) in [5.41, 5.74) is 0.178. The molecule has 0 saturated carbocycles. The van der Waals surface area contributed by atoms with E-state index in [9.17, 15) is 4.79 Å². The third-order valence-corrected chi connectivity index (χ3v) is 4.47. The van der Waals surface area contributed by atoms with Crippen LogP contribution in [0.4, 0.5) is 0 Å². The van der Waals surface area contributed by atoms with Crippen LogP contribution in [0.15, 0.2) is 0 Å². The Labute approximate surface area is 108 Å².